The summed E-state index contributed by atoms with van der Waals surface area (Å²) in [6, 6.07) is 14.3. The fraction of sp³-hybridized carbons (Fsp3) is 0.200. The summed E-state index contributed by atoms with van der Waals surface area (Å²) < 4.78 is 13.0. The van der Waals surface area contributed by atoms with Crippen LogP contribution in [0.15, 0.2) is 48.5 Å². The molecular formula is C20H18Cl2N2O4. The molecule has 2 aromatic carbocycles. The molecule has 0 saturated heterocycles. The van der Waals surface area contributed by atoms with E-state index in [0.717, 1.165) is 11.3 Å². The molecule has 0 aliphatic heterocycles. The average Bonchev–Trinajstić information content (AvgIpc) is 3.07. The summed E-state index contributed by atoms with van der Waals surface area (Å²) >= 11 is 12.0. The number of halogens is 2. The van der Waals surface area contributed by atoms with Crippen molar-refractivity contribution in [3.05, 3.63) is 64.1 Å². The van der Waals surface area contributed by atoms with E-state index in [9.17, 15) is 9.90 Å². The number of ether oxygens (including phenoxy) is 2. The third-order valence-electron chi connectivity index (χ3n) is 3.89. The minimum Gasteiger partial charge on any atom is -0.489 e. The summed E-state index contributed by atoms with van der Waals surface area (Å²) in [5, 5.41) is 14.3. The molecule has 0 bridgehead atoms. The molecule has 28 heavy (non-hydrogen) atoms. The quantitative estimate of drug-likeness (QED) is 0.552. The summed E-state index contributed by atoms with van der Waals surface area (Å²) in [6.45, 7) is 2.88. The van der Waals surface area contributed by atoms with E-state index in [1.54, 1.807) is 4.68 Å². The molecule has 146 valence electrons. The molecule has 0 atom stereocenters. The Morgan fingerprint density at radius 1 is 1.14 bits per heavy atom. The Hall–Kier alpha value is -2.70. The molecule has 1 heterocycles. The Balaban J connectivity index is 1.78. The molecule has 1 aromatic heterocycles. The van der Waals surface area contributed by atoms with Gasteiger partial charge in [-0.2, -0.15) is 5.10 Å². The number of aromatic carboxylic acids is 1. The summed E-state index contributed by atoms with van der Waals surface area (Å²) in [6.07, 6.45) is 0. The zero-order chi connectivity index (χ0) is 20.1. The Bertz CT molecular complexity index is 974. The first-order valence-electron chi connectivity index (χ1n) is 8.60. The molecule has 6 nitrogen and oxygen atoms in total. The number of carboxylic acids is 1. The Labute approximate surface area is 172 Å². The first kappa shape index (κ1) is 20.0. The van der Waals surface area contributed by atoms with Gasteiger partial charge < -0.3 is 14.6 Å². The van der Waals surface area contributed by atoms with E-state index in [2.05, 4.69) is 5.10 Å². The summed E-state index contributed by atoms with van der Waals surface area (Å²) in [7, 11) is 0. The maximum Gasteiger partial charge on any atom is 0.339 e. The van der Waals surface area contributed by atoms with E-state index in [1.165, 1.54) is 12.1 Å². The molecular weight excluding hydrogens is 403 g/mol. The van der Waals surface area contributed by atoms with Gasteiger partial charge in [-0.25, -0.2) is 9.48 Å². The van der Waals surface area contributed by atoms with Gasteiger partial charge in [0.1, 0.15) is 12.2 Å². The van der Waals surface area contributed by atoms with Crippen LogP contribution in [0.2, 0.25) is 10.0 Å². The van der Waals surface area contributed by atoms with Gasteiger partial charge >= 0.3 is 5.97 Å². The summed E-state index contributed by atoms with van der Waals surface area (Å²) in [4.78, 5) is 11.4. The molecule has 0 unspecified atom stereocenters. The van der Waals surface area contributed by atoms with Gasteiger partial charge in [-0.05, 0) is 19.1 Å². The molecule has 3 rings (SSSR count). The minimum atomic E-state index is -1.17. The van der Waals surface area contributed by atoms with E-state index >= 15 is 0 Å². The van der Waals surface area contributed by atoms with Crippen LogP contribution in [0, 0.1) is 0 Å². The molecule has 0 fully saturated rings. The summed E-state index contributed by atoms with van der Waals surface area (Å²) in [5.74, 6) is -0.488. The van der Waals surface area contributed by atoms with Gasteiger partial charge in [0.25, 0.3) is 0 Å². The van der Waals surface area contributed by atoms with Gasteiger partial charge in [0.15, 0.2) is 5.75 Å². The van der Waals surface area contributed by atoms with Crippen LogP contribution in [0.4, 0.5) is 0 Å². The molecule has 0 spiro atoms. The van der Waals surface area contributed by atoms with Gasteiger partial charge in [0, 0.05) is 16.7 Å². The third kappa shape index (κ3) is 4.58. The Kier molecular flexibility index (Phi) is 6.44. The SMILES string of the molecule is CCOc1cc(-c2ccccc2)nn1CCOc1c(Cl)cc(Cl)cc1C(=O)O. The topological polar surface area (TPSA) is 73.6 Å². The van der Waals surface area contributed by atoms with E-state index in [0.29, 0.717) is 19.0 Å². The lowest BCUT2D eigenvalue weighted by atomic mass is 10.2. The number of nitrogens with zero attached hydrogens (tertiary/aromatic N) is 2. The number of rotatable bonds is 8. The maximum atomic E-state index is 11.4. The van der Waals surface area contributed by atoms with Crippen LogP contribution in [-0.2, 0) is 6.54 Å². The number of carbonyl (C=O) groups is 1. The average molecular weight is 421 g/mol. The van der Waals surface area contributed by atoms with Gasteiger partial charge in [-0.3, -0.25) is 0 Å². The molecule has 0 amide bonds. The zero-order valence-electron chi connectivity index (χ0n) is 15.1. The van der Waals surface area contributed by atoms with Crippen molar-refractivity contribution in [1.82, 2.24) is 9.78 Å². The van der Waals surface area contributed by atoms with Crippen molar-refractivity contribution in [2.24, 2.45) is 0 Å². The van der Waals surface area contributed by atoms with Crippen LogP contribution in [0.5, 0.6) is 11.6 Å². The molecule has 0 aliphatic rings. The third-order valence-corrected chi connectivity index (χ3v) is 4.39. The predicted molar refractivity (Wildman–Crippen MR) is 108 cm³/mol. The van der Waals surface area contributed by atoms with Gasteiger partial charge in [0.2, 0.25) is 5.88 Å². The lowest BCUT2D eigenvalue weighted by Gasteiger charge is -2.12. The van der Waals surface area contributed by atoms with Crippen LogP contribution >= 0.6 is 23.2 Å². The number of carboxylic acid groups (broad SMARTS) is 1. The second-order valence-electron chi connectivity index (χ2n) is 5.81. The number of hydrogen-bond donors (Lipinski definition) is 1. The lowest BCUT2D eigenvalue weighted by Crippen LogP contribution is -2.13. The van der Waals surface area contributed by atoms with Crippen molar-refractivity contribution in [3.63, 3.8) is 0 Å². The fourth-order valence-corrected chi connectivity index (χ4v) is 3.22. The molecule has 1 N–H and O–H groups in total. The normalized spacial score (nSPS) is 10.7. The predicted octanol–water partition coefficient (Wildman–Crippen LogP) is 5.03. The van der Waals surface area contributed by atoms with Crippen molar-refractivity contribution in [3.8, 4) is 22.9 Å². The second kappa shape index (κ2) is 8.99. The standard InChI is InChI=1S/C20H18Cl2N2O4/c1-2-27-18-12-17(13-6-4-3-5-7-13)23-24(18)8-9-28-19-15(20(25)26)10-14(21)11-16(19)22/h3-7,10-12H,2,8-9H2,1H3,(H,25,26). The fourth-order valence-electron chi connectivity index (χ4n) is 2.67. The highest BCUT2D eigenvalue weighted by molar-refractivity contribution is 6.36. The number of benzene rings is 2. The molecule has 8 heteroatoms. The molecule has 0 radical (unpaired) electrons. The van der Waals surface area contributed by atoms with Crippen molar-refractivity contribution in [2.75, 3.05) is 13.2 Å². The highest BCUT2D eigenvalue weighted by Crippen LogP contribution is 2.32. The molecule has 0 saturated carbocycles. The van der Waals surface area contributed by atoms with Crippen LogP contribution < -0.4 is 9.47 Å². The highest BCUT2D eigenvalue weighted by atomic mass is 35.5. The number of hydrogen-bond acceptors (Lipinski definition) is 4. The smallest absolute Gasteiger partial charge is 0.339 e. The minimum absolute atomic E-state index is 0.0759. The van der Waals surface area contributed by atoms with Crippen LogP contribution in [0.25, 0.3) is 11.3 Å². The lowest BCUT2D eigenvalue weighted by molar-refractivity contribution is 0.0692. The van der Waals surface area contributed by atoms with E-state index in [-0.39, 0.29) is 28.0 Å². The molecule has 0 aliphatic carbocycles. The van der Waals surface area contributed by atoms with E-state index < -0.39 is 5.97 Å². The van der Waals surface area contributed by atoms with E-state index in [4.69, 9.17) is 32.7 Å². The van der Waals surface area contributed by atoms with Crippen molar-refractivity contribution >= 4 is 29.2 Å². The van der Waals surface area contributed by atoms with Crippen LogP contribution in [-0.4, -0.2) is 34.1 Å². The Morgan fingerprint density at radius 2 is 1.89 bits per heavy atom. The van der Waals surface area contributed by atoms with Gasteiger partial charge in [-0.15, -0.1) is 0 Å². The van der Waals surface area contributed by atoms with Crippen LogP contribution in [0.3, 0.4) is 0 Å². The van der Waals surface area contributed by atoms with Crippen LogP contribution in [0.1, 0.15) is 17.3 Å². The van der Waals surface area contributed by atoms with Crippen molar-refractivity contribution in [1.29, 1.82) is 0 Å². The van der Waals surface area contributed by atoms with Gasteiger partial charge in [0.05, 0.1) is 23.9 Å². The van der Waals surface area contributed by atoms with Gasteiger partial charge in [-0.1, -0.05) is 53.5 Å². The van der Waals surface area contributed by atoms with Crippen molar-refractivity contribution in [2.45, 2.75) is 13.5 Å². The largest absolute Gasteiger partial charge is 0.489 e. The summed E-state index contributed by atoms with van der Waals surface area (Å²) in [5.41, 5.74) is 1.66. The second-order valence-corrected chi connectivity index (χ2v) is 6.65. The maximum absolute atomic E-state index is 11.4. The highest BCUT2D eigenvalue weighted by Gasteiger charge is 2.17. The van der Waals surface area contributed by atoms with Crippen molar-refractivity contribution < 1.29 is 19.4 Å². The monoisotopic (exact) mass is 420 g/mol. The van der Waals surface area contributed by atoms with E-state index in [1.807, 2.05) is 43.3 Å². The molecule has 3 aromatic rings. The zero-order valence-corrected chi connectivity index (χ0v) is 16.6. The number of aromatic nitrogens is 2. The Morgan fingerprint density at radius 3 is 2.57 bits per heavy atom. The first-order chi connectivity index (χ1) is 13.5. The first-order valence-corrected chi connectivity index (χ1v) is 9.36.